The Labute approximate surface area is 96.5 Å². The number of rotatable bonds is 4. The van der Waals surface area contributed by atoms with Crippen LogP contribution in [0.2, 0.25) is 0 Å². The van der Waals surface area contributed by atoms with Gasteiger partial charge in [0.2, 0.25) is 0 Å². The van der Waals surface area contributed by atoms with Crippen LogP contribution < -0.4 is 5.73 Å². The summed E-state index contributed by atoms with van der Waals surface area (Å²) in [6, 6.07) is 8.36. The molecule has 0 saturated heterocycles. The van der Waals surface area contributed by atoms with Crippen molar-refractivity contribution < 1.29 is 9.47 Å². The highest BCUT2D eigenvalue weighted by molar-refractivity contribution is 5.33. The fraction of sp³-hybridized carbons (Fsp3) is 0.538. The standard InChI is InChI=1S/C13H19NO2/c1-15-8-9-16-12-7-6-10-4-2-3-5-11(10)13(12)14/h2-5,12-13H,6-9,14H2,1H3. The normalized spacial score (nSPS) is 24.1. The first-order valence-electron chi connectivity index (χ1n) is 5.77. The molecule has 0 heterocycles. The van der Waals surface area contributed by atoms with Crippen LogP contribution >= 0.6 is 0 Å². The predicted octanol–water partition coefficient (Wildman–Crippen LogP) is 1.66. The summed E-state index contributed by atoms with van der Waals surface area (Å²) in [5, 5.41) is 0. The Kier molecular flexibility index (Phi) is 3.93. The van der Waals surface area contributed by atoms with E-state index in [0.717, 1.165) is 12.8 Å². The summed E-state index contributed by atoms with van der Waals surface area (Å²) in [4.78, 5) is 0. The lowest BCUT2D eigenvalue weighted by Crippen LogP contribution is -2.34. The molecule has 2 rings (SSSR count). The number of fused-ring (bicyclic) bond motifs is 1. The molecule has 0 saturated carbocycles. The number of hydrogen-bond donors (Lipinski definition) is 1. The maximum Gasteiger partial charge on any atom is 0.0772 e. The highest BCUT2D eigenvalue weighted by atomic mass is 16.5. The zero-order valence-electron chi connectivity index (χ0n) is 9.69. The maximum atomic E-state index is 6.21. The molecule has 2 atom stereocenters. The van der Waals surface area contributed by atoms with E-state index in [1.165, 1.54) is 11.1 Å². The summed E-state index contributed by atoms with van der Waals surface area (Å²) >= 11 is 0. The molecule has 0 radical (unpaired) electrons. The molecular formula is C13H19NO2. The highest BCUT2D eigenvalue weighted by Gasteiger charge is 2.26. The van der Waals surface area contributed by atoms with Gasteiger partial charge >= 0.3 is 0 Å². The molecule has 0 bridgehead atoms. The van der Waals surface area contributed by atoms with Crippen LogP contribution in [0.25, 0.3) is 0 Å². The van der Waals surface area contributed by atoms with Crippen molar-refractivity contribution in [3.63, 3.8) is 0 Å². The fourth-order valence-corrected chi connectivity index (χ4v) is 2.23. The quantitative estimate of drug-likeness (QED) is 0.786. The van der Waals surface area contributed by atoms with Crippen LogP contribution in [0.1, 0.15) is 23.6 Å². The Morgan fingerprint density at radius 2 is 2.12 bits per heavy atom. The third-order valence-corrected chi connectivity index (χ3v) is 3.13. The second-order valence-corrected chi connectivity index (χ2v) is 4.17. The minimum absolute atomic E-state index is 0.00167. The zero-order chi connectivity index (χ0) is 11.4. The molecule has 1 aliphatic carbocycles. The molecule has 0 spiro atoms. The van der Waals surface area contributed by atoms with Gasteiger partial charge in [0, 0.05) is 7.11 Å². The van der Waals surface area contributed by atoms with Gasteiger partial charge < -0.3 is 15.2 Å². The van der Waals surface area contributed by atoms with Gasteiger partial charge in [-0.3, -0.25) is 0 Å². The first-order chi connectivity index (χ1) is 7.83. The number of aryl methyl sites for hydroxylation is 1. The van der Waals surface area contributed by atoms with E-state index in [1.807, 2.05) is 6.07 Å². The molecule has 0 aliphatic heterocycles. The summed E-state index contributed by atoms with van der Waals surface area (Å²) in [6.45, 7) is 1.25. The van der Waals surface area contributed by atoms with E-state index in [2.05, 4.69) is 18.2 Å². The van der Waals surface area contributed by atoms with Crippen LogP contribution in [0.15, 0.2) is 24.3 Å². The van der Waals surface area contributed by atoms with E-state index in [4.69, 9.17) is 15.2 Å². The van der Waals surface area contributed by atoms with Crippen LogP contribution in [-0.4, -0.2) is 26.4 Å². The lowest BCUT2D eigenvalue weighted by Gasteiger charge is -2.30. The Hall–Kier alpha value is -0.900. The molecule has 0 amide bonds. The Bertz CT molecular complexity index is 340. The summed E-state index contributed by atoms with van der Waals surface area (Å²) in [6.07, 6.45) is 2.19. The van der Waals surface area contributed by atoms with E-state index in [0.29, 0.717) is 13.2 Å². The molecule has 88 valence electrons. The number of methoxy groups -OCH3 is 1. The predicted molar refractivity (Wildman–Crippen MR) is 63.3 cm³/mol. The van der Waals surface area contributed by atoms with Gasteiger partial charge in [-0.15, -0.1) is 0 Å². The number of hydrogen-bond acceptors (Lipinski definition) is 3. The molecule has 3 nitrogen and oxygen atoms in total. The smallest absolute Gasteiger partial charge is 0.0772 e. The summed E-state index contributed by atoms with van der Waals surface area (Å²) in [5.74, 6) is 0. The van der Waals surface area contributed by atoms with Crippen molar-refractivity contribution in [2.45, 2.75) is 25.0 Å². The van der Waals surface area contributed by atoms with Gasteiger partial charge in [-0.05, 0) is 24.0 Å². The lowest BCUT2D eigenvalue weighted by molar-refractivity contribution is -0.00298. The van der Waals surface area contributed by atoms with Crippen molar-refractivity contribution >= 4 is 0 Å². The fourth-order valence-electron chi connectivity index (χ4n) is 2.23. The average Bonchev–Trinajstić information content (AvgIpc) is 2.33. The molecule has 0 fully saturated rings. The molecule has 1 aromatic rings. The van der Waals surface area contributed by atoms with Crippen LogP contribution in [0, 0.1) is 0 Å². The summed E-state index contributed by atoms with van der Waals surface area (Å²) < 4.78 is 10.7. The summed E-state index contributed by atoms with van der Waals surface area (Å²) in [7, 11) is 1.68. The largest absolute Gasteiger partial charge is 0.382 e. The molecule has 2 unspecified atom stereocenters. The van der Waals surface area contributed by atoms with Crippen molar-refractivity contribution in [3.05, 3.63) is 35.4 Å². The second-order valence-electron chi connectivity index (χ2n) is 4.17. The first-order valence-corrected chi connectivity index (χ1v) is 5.77. The molecule has 1 aromatic carbocycles. The second kappa shape index (κ2) is 5.43. The van der Waals surface area contributed by atoms with E-state index >= 15 is 0 Å². The molecular weight excluding hydrogens is 202 g/mol. The van der Waals surface area contributed by atoms with Crippen molar-refractivity contribution in [3.8, 4) is 0 Å². The number of nitrogens with two attached hydrogens (primary N) is 1. The number of ether oxygens (including phenoxy) is 2. The monoisotopic (exact) mass is 221 g/mol. The Morgan fingerprint density at radius 3 is 2.94 bits per heavy atom. The van der Waals surface area contributed by atoms with Gasteiger partial charge in [-0.2, -0.15) is 0 Å². The van der Waals surface area contributed by atoms with Gasteiger partial charge in [0.15, 0.2) is 0 Å². The highest BCUT2D eigenvalue weighted by Crippen LogP contribution is 2.29. The van der Waals surface area contributed by atoms with E-state index in [9.17, 15) is 0 Å². The van der Waals surface area contributed by atoms with Crippen molar-refractivity contribution in [1.82, 2.24) is 0 Å². The Morgan fingerprint density at radius 1 is 1.31 bits per heavy atom. The maximum absolute atomic E-state index is 6.21. The zero-order valence-corrected chi connectivity index (χ0v) is 9.69. The third kappa shape index (κ3) is 2.43. The van der Waals surface area contributed by atoms with E-state index in [-0.39, 0.29) is 12.1 Å². The Balaban J connectivity index is 2.00. The van der Waals surface area contributed by atoms with Gasteiger partial charge in [0.05, 0.1) is 25.4 Å². The minimum Gasteiger partial charge on any atom is -0.382 e. The average molecular weight is 221 g/mol. The SMILES string of the molecule is COCCOC1CCc2ccccc2C1N. The van der Waals surface area contributed by atoms with Gasteiger partial charge in [0.25, 0.3) is 0 Å². The molecule has 0 aromatic heterocycles. The minimum atomic E-state index is 0.00167. The van der Waals surface area contributed by atoms with Gasteiger partial charge in [0.1, 0.15) is 0 Å². The molecule has 3 heteroatoms. The van der Waals surface area contributed by atoms with Gasteiger partial charge in [-0.25, -0.2) is 0 Å². The molecule has 1 aliphatic rings. The molecule has 2 N–H and O–H groups in total. The van der Waals surface area contributed by atoms with E-state index in [1.54, 1.807) is 7.11 Å². The van der Waals surface area contributed by atoms with E-state index < -0.39 is 0 Å². The van der Waals surface area contributed by atoms with Crippen molar-refractivity contribution in [1.29, 1.82) is 0 Å². The van der Waals surface area contributed by atoms with Crippen LogP contribution in [-0.2, 0) is 15.9 Å². The van der Waals surface area contributed by atoms with Crippen molar-refractivity contribution in [2.75, 3.05) is 20.3 Å². The third-order valence-electron chi connectivity index (χ3n) is 3.13. The number of benzene rings is 1. The van der Waals surface area contributed by atoms with Crippen molar-refractivity contribution in [2.24, 2.45) is 5.73 Å². The van der Waals surface area contributed by atoms with Gasteiger partial charge in [-0.1, -0.05) is 24.3 Å². The summed E-state index contributed by atoms with van der Waals surface area (Å²) in [5.41, 5.74) is 8.80. The lowest BCUT2D eigenvalue weighted by atomic mass is 9.86. The van der Waals surface area contributed by atoms with Crippen LogP contribution in [0.4, 0.5) is 0 Å². The van der Waals surface area contributed by atoms with Crippen LogP contribution in [0.5, 0.6) is 0 Å². The van der Waals surface area contributed by atoms with Crippen LogP contribution in [0.3, 0.4) is 0 Å². The first kappa shape index (κ1) is 11.6. The molecule has 16 heavy (non-hydrogen) atoms. The topological polar surface area (TPSA) is 44.5 Å².